The van der Waals surface area contributed by atoms with Gasteiger partial charge in [-0.3, -0.25) is 0 Å². The first kappa shape index (κ1) is 13.4. The Morgan fingerprint density at radius 2 is 1.46 bits per heavy atom. The summed E-state index contributed by atoms with van der Waals surface area (Å²) in [6.07, 6.45) is 2.64. The predicted molar refractivity (Wildman–Crippen MR) is 65.5 cm³/mol. The highest BCUT2D eigenvalue weighted by Gasteiger charge is 2.22. The monoisotopic (exact) mass is 202 g/mol. The highest BCUT2D eigenvalue weighted by Crippen LogP contribution is 2.30. The molecule has 80 valence electrons. The van der Waals surface area contributed by atoms with Crippen LogP contribution in [0.3, 0.4) is 0 Å². The van der Waals surface area contributed by atoms with Gasteiger partial charge in [0, 0.05) is 4.75 Å². The van der Waals surface area contributed by atoms with E-state index in [0.29, 0.717) is 5.92 Å². The molecule has 0 fully saturated rings. The lowest BCUT2D eigenvalue weighted by atomic mass is 9.84. The summed E-state index contributed by atoms with van der Waals surface area (Å²) < 4.78 is 0.172. The van der Waals surface area contributed by atoms with Crippen LogP contribution in [0.4, 0.5) is 0 Å². The van der Waals surface area contributed by atoms with Crippen LogP contribution in [0.15, 0.2) is 0 Å². The second-order valence-electron chi connectivity index (χ2n) is 5.53. The van der Waals surface area contributed by atoms with Crippen LogP contribution >= 0.6 is 12.6 Å². The van der Waals surface area contributed by atoms with Crippen molar-refractivity contribution in [2.75, 3.05) is 0 Å². The van der Waals surface area contributed by atoms with Gasteiger partial charge >= 0.3 is 0 Å². The van der Waals surface area contributed by atoms with Crippen LogP contribution in [0.5, 0.6) is 0 Å². The highest BCUT2D eigenvalue weighted by molar-refractivity contribution is 7.81. The smallest absolute Gasteiger partial charge is 0.00988 e. The number of rotatable bonds is 5. The Morgan fingerprint density at radius 3 is 1.77 bits per heavy atom. The normalized spacial score (nSPS) is 17.5. The van der Waals surface area contributed by atoms with Crippen LogP contribution in [0.2, 0.25) is 0 Å². The van der Waals surface area contributed by atoms with E-state index in [1.54, 1.807) is 0 Å². The summed E-state index contributed by atoms with van der Waals surface area (Å²) in [6, 6.07) is 0. The molecule has 0 amide bonds. The fraction of sp³-hybridized carbons (Fsp3) is 1.00. The minimum absolute atomic E-state index is 0.172. The summed E-state index contributed by atoms with van der Waals surface area (Å²) in [6.45, 7) is 13.7. The summed E-state index contributed by atoms with van der Waals surface area (Å²) in [7, 11) is 0. The van der Waals surface area contributed by atoms with Crippen molar-refractivity contribution < 1.29 is 0 Å². The Bertz CT molecular complexity index is 133. The van der Waals surface area contributed by atoms with E-state index < -0.39 is 0 Å². The molecular weight excluding hydrogens is 176 g/mol. The Kier molecular flexibility index (Phi) is 5.43. The van der Waals surface area contributed by atoms with Gasteiger partial charge in [-0.05, 0) is 30.6 Å². The Labute approximate surface area is 89.9 Å². The van der Waals surface area contributed by atoms with E-state index in [1.807, 2.05) is 0 Å². The van der Waals surface area contributed by atoms with Crippen LogP contribution in [0.25, 0.3) is 0 Å². The molecule has 2 atom stereocenters. The summed E-state index contributed by atoms with van der Waals surface area (Å²) in [5, 5.41) is 0. The molecule has 0 aliphatic heterocycles. The maximum absolute atomic E-state index is 4.61. The fourth-order valence-corrected chi connectivity index (χ4v) is 1.90. The summed E-state index contributed by atoms with van der Waals surface area (Å²) in [4.78, 5) is 0. The number of hydrogen-bond acceptors (Lipinski definition) is 1. The molecule has 0 radical (unpaired) electrons. The Morgan fingerprint density at radius 1 is 1.00 bits per heavy atom. The van der Waals surface area contributed by atoms with E-state index in [2.05, 4.69) is 54.2 Å². The average Bonchev–Trinajstić information content (AvgIpc) is 1.82. The van der Waals surface area contributed by atoms with Crippen molar-refractivity contribution in [1.82, 2.24) is 0 Å². The second kappa shape index (κ2) is 5.29. The van der Waals surface area contributed by atoms with Crippen molar-refractivity contribution in [3.8, 4) is 0 Å². The molecule has 1 heteroatoms. The minimum atomic E-state index is 0.172. The number of hydrogen-bond donors (Lipinski definition) is 1. The lowest BCUT2D eigenvalue weighted by Crippen LogP contribution is -2.24. The van der Waals surface area contributed by atoms with Crippen molar-refractivity contribution in [3.05, 3.63) is 0 Å². The number of thiol groups is 1. The Hall–Kier alpha value is 0.350. The molecular formula is C12H26S. The van der Waals surface area contributed by atoms with E-state index >= 15 is 0 Å². The van der Waals surface area contributed by atoms with Gasteiger partial charge < -0.3 is 0 Å². The molecule has 0 nitrogen and oxygen atoms in total. The molecule has 0 aliphatic rings. The van der Waals surface area contributed by atoms with E-state index in [4.69, 9.17) is 0 Å². The lowest BCUT2D eigenvalue weighted by Gasteiger charge is -2.29. The predicted octanol–water partition coefficient (Wildman–Crippen LogP) is 4.40. The van der Waals surface area contributed by atoms with E-state index in [1.165, 1.54) is 12.8 Å². The van der Waals surface area contributed by atoms with Gasteiger partial charge in [-0.1, -0.05) is 41.5 Å². The van der Waals surface area contributed by atoms with Crippen molar-refractivity contribution in [2.45, 2.75) is 59.1 Å². The molecule has 0 aliphatic carbocycles. The van der Waals surface area contributed by atoms with E-state index in [9.17, 15) is 0 Å². The summed E-state index contributed by atoms with van der Waals surface area (Å²) >= 11 is 4.61. The van der Waals surface area contributed by atoms with Gasteiger partial charge in [0.1, 0.15) is 0 Å². The molecule has 13 heavy (non-hydrogen) atoms. The zero-order chi connectivity index (χ0) is 10.6. The van der Waals surface area contributed by atoms with Gasteiger partial charge in [0.2, 0.25) is 0 Å². The van der Waals surface area contributed by atoms with Crippen molar-refractivity contribution in [1.29, 1.82) is 0 Å². The molecule has 0 rings (SSSR count). The third-order valence-electron chi connectivity index (χ3n) is 2.84. The third-order valence-corrected chi connectivity index (χ3v) is 3.28. The van der Waals surface area contributed by atoms with E-state index in [-0.39, 0.29) is 4.75 Å². The maximum Gasteiger partial charge on any atom is 0.00988 e. The fourth-order valence-electron chi connectivity index (χ4n) is 1.79. The first-order valence-corrected chi connectivity index (χ1v) is 5.90. The summed E-state index contributed by atoms with van der Waals surface area (Å²) in [5.41, 5.74) is 0. The van der Waals surface area contributed by atoms with Gasteiger partial charge in [-0.15, -0.1) is 0 Å². The average molecular weight is 202 g/mol. The molecule has 0 N–H and O–H groups in total. The zero-order valence-electron chi connectivity index (χ0n) is 10.1. The molecule has 0 saturated heterocycles. The van der Waals surface area contributed by atoms with Gasteiger partial charge in [0.05, 0.1) is 0 Å². The van der Waals surface area contributed by atoms with Crippen LogP contribution in [-0.4, -0.2) is 4.75 Å². The molecule has 0 bridgehead atoms. The maximum atomic E-state index is 4.61. The SMILES string of the molecule is CC(C)CC(C)CC(C)C(C)(C)S. The molecule has 0 aromatic heterocycles. The third kappa shape index (κ3) is 6.42. The van der Waals surface area contributed by atoms with Crippen molar-refractivity contribution >= 4 is 12.6 Å². The molecule has 0 heterocycles. The quantitative estimate of drug-likeness (QED) is 0.628. The van der Waals surface area contributed by atoms with Crippen molar-refractivity contribution in [2.24, 2.45) is 17.8 Å². The van der Waals surface area contributed by atoms with E-state index in [0.717, 1.165) is 11.8 Å². The highest BCUT2D eigenvalue weighted by atomic mass is 32.1. The molecule has 0 spiro atoms. The van der Waals surface area contributed by atoms with Gasteiger partial charge in [-0.25, -0.2) is 0 Å². The lowest BCUT2D eigenvalue weighted by molar-refractivity contribution is 0.321. The van der Waals surface area contributed by atoms with Gasteiger partial charge in [-0.2, -0.15) is 12.6 Å². The van der Waals surface area contributed by atoms with Crippen LogP contribution < -0.4 is 0 Å². The topological polar surface area (TPSA) is 0 Å². The second-order valence-corrected chi connectivity index (χ2v) is 6.68. The van der Waals surface area contributed by atoms with Crippen LogP contribution in [-0.2, 0) is 0 Å². The molecule has 2 unspecified atom stereocenters. The molecule has 0 aromatic carbocycles. The van der Waals surface area contributed by atoms with Crippen molar-refractivity contribution in [3.63, 3.8) is 0 Å². The first-order valence-electron chi connectivity index (χ1n) is 5.45. The largest absolute Gasteiger partial charge is 0.173 e. The zero-order valence-corrected chi connectivity index (χ0v) is 11.0. The Balaban J connectivity index is 3.85. The van der Waals surface area contributed by atoms with Gasteiger partial charge in [0.25, 0.3) is 0 Å². The minimum Gasteiger partial charge on any atom is -0.173 e. The summed E-state index contributed by atoms with van der Waals surface area (Å²) in [5.74, 6) is 2.36. The first-order chi connectivity index (χ1) is 5.73. The molecule has 0 aromatic rings. The molecule has 0 saturated carbocycles. The van der Waals surface area contributed by atoms with Gasteiger partial charge in [0.15, 0.2) is 0 Å². The van der Waals surface area contributed by atoms with Crippen LogP contribution in [0.1, 0.15) is 54.4 Å². The van der Waals surface area contributed by atoms with Crippen LogP contribution in [0, 0.1) is 17.8 Å². The standard InChI is InChI=1S/C12H26S/c1-9(2)7-10(3)8-11(4)12(5,6)13/h9-11,13H,7-8H2,1-6H3.